The van der Waals surface area contributed by atoms with E-state index in [0.717, 1.165) is 0 Å². The lowest BCUT2D eigenvalue weighted by Crippen LogP contribution is -2.11. The van der Waals surface area contributed by atoms with Crippen molar-refractivity contribution in [2.24, 2.45) is 0 Å². The summed E-state index contributed by atoms with van der Waals surface area (Å²) in [5, 5.41) is 0.428. The molecule has 0 aliphatic heterocycles. The van der Waals surface area contributed by atoms with E-state index in [2.05, 4.69) is 0 Å². The van der Waals surface area contributed by atoms with Crippen molar-refractivity contribution in [3.8, 4) is 5.75 Å². The molecule has 0 saturated heterocycles. The molecule has 0 spiro atoms. The summed E-state index contributed by atoms with van der Waals surface area (Å²) in [6.07, 6.45) is -0.459. The van der Waals surface area contributed by atoms with Crippen LogP contribution in [0.3, 0.4) is 0 Å². The molecule has 0 amide bonds. The van der Waals surface area contributed by atoms with Gasteiger partial charge in [0.25, 0.3) is 0 Å². The largest absolute Gasteiger partial charge is 0.496 e. The van der Waals surface area contributed by atoms with E-state index in [-0.39, 0.29) is 24.5 Å². The summed E-state index contributed by atoms with van der Waals surface area (Å²) in [5.41, 5.74) is 0.182. The number of ether oxygens (including phenoxy) is 2. The smallest absolute Gasteiger partial charge is 0.367 e. The summed E-state index contributed by atoms with van der Waals surface area (Å²) in [6.45, 7) is 3.74. The Labute approximate surface area is 128 Å². The molecular formula is C13H18ClO6P. The first-order chi connectivity index (χ1) is 9.95. The molecule has 0 fully saturated rings. The molecule has 1 rings (SSSR count). The summed E-state index contributed by atoms with van der Waals surface area (Å²) >= 11 is 5.82. The van der Waals surface area contributed by atoms with Gasteiger partial charge in [0.05, 0.1) is 20.3 Å². The molecule has 1 aromatic rings. The first kappa shape index (κ1) is 18.0. The van der Waals surface area contributed by atoms with Gasteiger partial charge in [-0.05, 0) is 32.0 Å². The minimum absolute atomic E-state index is 0.182. The topological polar surface area (TPSA) is 71.1 Å². The summed E-state index contributed by atoms with van der Waals surface area (Å²) in [5.74, 6) is -0.418. The zero-order chi connectivity index (χ0) is 15.9. The van der Waals surface area contributed by atoms with Crippen LogP contribution in [0.1, 0.15) is 24.2 Å². The number of esters is 1. The van der Waals surface area contributed by atoms with E-state index < -0.39 is 19.9 Å². The van der Waals surface area contributed by atoms with Crippen LogP contribution < -0.4 is 4.74 Å². The fraction of sp³-hybridized carbons (Fsp3) is 0.462. The molecule has 118 valence electrons. The van der Waals surface area contributed by atoms with Gasteiger partial charge in [0.2, 0.25) is 0 Å². The van der Waals surface area contributed by atoms with E-state index in [1.54, 1.807) is 13.8 Å². The number of benzene rings is 1. The Morgan fingerprint density at radius 1 is 1.24 bits per heavy atom. The Morgan fingerprint density at radius 3 is 2.38 bits per heavy atom. The van der Waals surface area contributed by atoms with Crippen molar-refractivity contribution in [2.75, 3.05) is 26.7 Å². The van der Waals surface area contributed by atoms with E-state index >= 15 is 0 Å². The van der Waals surface area contributed by atoms with Gasteiger partial charge in [0.15, 0.2) is 6.35 Å². The van der Waals surface area contributed by atoms with Gasteiger partial charge in [0, 0.05) is 5.02 Å². The molecule has 0 atom stereocenters. The SMILES string of the molecule is CCOP(=O)(COC(=O)c1ccc(Cl)cc1OC)OCC. The Kier molecular flexibility index (Phi) is 7.18. The third-order valence-electron chi connectivity index (χ3n) is 2.39. The monoisotopic (exact) mass is 336 g/mol. The molecule has 0 aliphatic rings. The second-order valence-corrected chi connectivity index (χ2v) is 6.28. The van der Waals surface area contributed by atoms with Crippen LogP contribution in [-0.4, -0.2) is 32.6 Å². The summed E-state index contributed by atoms with van der Waals surface area (Å²) in [6, 6.07) is 4.49. The lowest BCUT2D eigenvalue weighted by atomic mass is 10.2. The molecule has 0 bridgehead atoms. The lowest BCUT2D eigenvalue weighted by molar-refractivity contribution is 0.0529. The number of halogens is 1. The maximum absolute atomic E-state index is 12.2. The molecule has 0 radical (unpaired) electrons. The summed E-state index contributed by atoms with van der Waals surface area (Å²) < 4.78 is 32.3. The first-order valence-corrected chi connectivity index (χ1v) is 8.45. The number of carbonyl (C=O) groups excluding carboxylic acids is 1. The second kappa shape index (κ2) is 8.39. The summed E-state index contributed by atoms with van der Waals surface area (Å²) in [7, 11) is -2.03. The van der Waals surface area contributed by atoms with E-state index in [1.165, 1.54) is 25.3 Å². The van der Waals surface area contributed by atoms with Crippen LogP contribution in [0.5, 0.6) is 5.75 Å². The van der Waals surface area contributed by atoms with Crippen LogP contribution in [0.15, 0.2) is 18.2 Å². The normalized spacial score (nSPS) is 11.2. The molecule has 6 nitrogen and oxygen atoms in total. The molecule has 0 heterocycles. The maximum atomic E-state index is 12.2. The predicted octanol–water partition coefficient (Wildman–Crippen LogP) is 3.73. The Balaban J connectivity index is 2.79. The highest BCUT2D eigenvalue weighted by Crippen LogP contribution is 2.48. The highest BCUT2D eigenvalue weighted by Gasteiger charge is 2.27. The van der Waals surface area contributed by atoms with Gasteiger partial charge in [-0.15, -0.1) is 0 Å². The molecule has 0 aliphatic carbocycles. The zero-order valence-corrected chi connectivity index (χ0v) is 13.8. The Hall–Kier alpha value is -1.07. The average molecular weight is 337 g/mol. The number of rotatable bonds is 8. The maximum Gasteiger partial charge on any atom is 0.367 e. The van der Waals surface area contributed by atoms with Gasteiger partial charge >= 0.3 is 13.6 Å². The molecule has 0 aromatic heterocycles. The highest BCUT2D eigenvalue weighted by molar-refractivity contribution is 7.53. The van der Waals surface area contributed by atoms with Gasteiger partial charge < -0.3 is 18.5 Å². The van der Waals surface area contributed by atoms with Crippen molar-refractivity contribution in [2.45, 2.75) is 13.8 Å². The molecule has 0 unspecified atom stereocenters. The van der Waals surface area contributed by atoms with E-state index in [1.807, 2.05) is 0 Å². The highest BCUT2D eigenvalue weighted by atomic mass is 35.5. The standard InChI is InChI=1S/C13H18ClO6P/c1-4-19-21(16,20-5-2)9-18-13(15)11-7-6-10(14)8-12(11)17-3/h6-8H,4-5,9H2,1-3H3. The number of hydrogen-bond acceptors (Lipinski definition) is 6. The Morgan fingerprint density at radius 2 is 1.86 bits per heavy atom. The van der Waals surface area contributed by atoms with E-state index in [0.29, 0.717) is 5.02 Å². The van der Waals surface area contributed by atoms with Crippen LogP contribution in [0, 0.1) is 0 Å². The van der Waals surface area contributed by atoms with Gasteiger partial charge in [-0.1, -0.05) is 11.6 Å². The van der Waals surface area contributed by atoms with E-state index in [9.17, 15) is 9.36 Å². The lowest BCUT2D eigenvalue weighted by Gasteiger charge is -2.17. The Bertz CT molecular complexity index is 523. The van der Waals surface area contributed by atoms with Gasteiger partial charge in [-0.2, -0.15) is 0 Å². The third kappa shape index (κ3) is 5.32. The van der Waals surface area contributed by atoms with Crippen molar-refractivity contribution in [3.63, 3.8) is 0 Å². The molecule has 8 heteroatoms. The zero-order valence-electron chi connectivity index (χ0n) is 12.1. The minimum atomic E-state index is -3.44. The van der Waals surface area contributed by atoms with Gasteiger partial charge in [0.1, 0.15) is 11.3 Å². The molecular weight excluding hydrogens is 319 g/mol. The fourth-order valence-corrected chi connectivity index (χ4v) is 3.00. The number of hydrogen-bond donors (Lipinski definition) is 0. The minimum Gasteiger partial charge on any atom is -0.496 e. The molecule has 21 heavy (non-hydrogen) atoms. The van der Waals surface area contributed by atoms with Crippen LogP contribution in [0.25, 0.3) is 0 Å². The number of methoxy groups -OCH3 is 1. The first-order valence-electron chi connectivity index (χ1n) is 6.34. The van der Waals surface area contributed by atoms with E-state index in [4.69, 9.17) is 30.1 Å². The molecule has 0 N–H and O–H groups in total. The quantitative estimate of drug-likeness (QED) is 0.532. The summed E-state index contributed by atoms with van der Waals surface area (Å²) in [4.78, 5) is 12.0. The van der Waals surface area contributed by atoms with Crippen molar-refractivity contribution in [1.29, 1.82) is 0 Å². The molecule has 0 saturated carbocycles. The number of carbonyl (C=O) groups is 1. The molecule has 1 aromatic carbocycles. The van der Waals surface area contributed by atoms with Crippen LogP contribution in [-0.2, 0) is 18.3 Å². The van der Waals surface area contributed by atoms with Crippen molar-refractivity contribution >= 4 is 25.2 Å². The van der Waals surface area contributed by atoms with Crippen molar-refractivity contribution < 1.29 is 27.9 Å². The van der Waals surface area contributed by atoms with Crippen LogP contribution >= 0.6 is 19.2 Å². The van der Waals surface area contributed by atoms with Crippen LogP contribution in [0.4, 0.5) is 0 Å². The predicted molar refractivity (Wildman–Crippen MR) is 79.1 cm³/mol. The fourth-order valence-electron chi connectivity index (χ4n) is 1.55. The third-order valence-corrected chi connectivity index (χ3v) is 4.37. The van der Waals surface area contributed by atoms with Gasteiger partial charge in [-0.25, -0.2) is 4.79 Å². The average Bonchev–Trinajstić information content (AvgIpc) is 2.45. The van der Waals surface area contributed by atoms with Crippen molar-refractivity contribution in [3.05, 3.63) is 28.8 Å². The van der Waals surface area contributed by atoms with Crippen molar-refractivity contribution in [1.82, 2.24) is 0 Å². The van der Waals surface area contributed by atoms with Gasteiger partial charge in [-0.3, -0.25) is 4.57 Å². The second-order valence-electron chi connectivity index (χ2n) is 3.85. The van der Waals surface area contributed by atoms with Crippen LogP contribution in [0.2, 0.25) is 5.02 Å².